The van der Waals surface area contributed by atoms with Gasteiger partial charge in [0.15, 0.2) is 0 Å². The van der Waals surface area contributed by atoms with Crippen LogP contribution >= 0.6 is 0 Å². The van der Waals surface area contributed by atoms with Gasteiger partial charge in [0.1, 0.15) is 24.2 Å². The fraction of sp³-hybridized carbons (Fsp3) is 0.433. The molecule has 0 spiro atoms. The molecule has 4 amide bonds. The zero-order valence-corrected chi connectivity index (χ0v) is 24.3. The van der Waals surface area contributed by atoms with Gasteiger partial charge in [-0.25, -0.2) is 4.79 Å². The molecule has 0 aliphatic rings. The van der Waals surface area contributed by atoms with Crippen LogP contribution in [-0.4, -0.2) is 46.9 Å². The minimum Gasteiger partial charge on any atom is -0.444 e. The molecular weight excluding hydrogens is 510 g/mol. The molecule has 2 aromatic rings. The van der Waals surface area contributed by atoms with Crippen molar-refractivity contribution in [1.82, 2.24) is 10.2 Å². The summed E-state index contributed by atoms with van der Waals surface area (Å²) in [7, 11) is 0. The number of primary amides is 1. The lowest BCUT2D eigenvalue weighted by atomic mass is 9.97. The first-order chi connectivity index (χ1) is 18.6. The number of hydrogen-bond donors (Lipinski definition) is 3. The molecule has 10 nitrogen and oxygen atoms in total. The summed E-state index contributed by atoms with van der Waals surface area (Å²) in [4.78, 5) is 53.3. The molecule has 0 aliphatic carbocycles. The topological polar surface area (TPSA) is 155 Å². The Balaban J connectivity index is 2.60. The largest absolute Gasteiger partial charge is 0.444 e. The Morgan fingerprint density at radius 3 is 2.10 bits per heavy atom. The van der Waals surface area contributed by atoms with Gasteiger partial charge in [0.2, 0.25) is 11.8 Å². The summed E-state index contributed by atoms with van der Waals surface area (Å²) in [6.45, 7) is 12.0. The van der Waals surface area contributed by atoms with Crippen LogP contribution in [0.2, 0.25) is 0 Å². The van der Waals surface area contributed by atoms with Gasteiger partial charge in [-0.3, -0.25) is 14.4 Å². The summed E-state index contributed by atoms with van der Waals surface area (Å²) in [5.74, 6) is -1.93. The third-order valence-electron chi connectivity index (χ3n) is 6.04. The average molecular weight is 550 g/mol. The van der Waals surface area contributed by atoms with Crippen LogP contribution in [0.3, 0.4) is 0 Å². The first-order valence-corrected chi connectivity index (χ1v) is 13.0. The van der Waals surface area contributed by atoms with E-state index in [-0.39, 0.29) is 12.8 Å². The molecule has 0 radical (unpaired) electrons. The second kappa shape index (κ2) is 13.6. The van der Waals surface area contributed by atoms with Gasteiger partial charge in [0.05, 0.1) is 6.07 Å². The highest BCUT2D eigenvalue weighted by molar-refractivity contribution is 6.00. The van der Waals surface area contributed by atoms with Crippen LogP contribution in [0.4, 0.5) is 10.5 Å². The van der Waals surface area contributed by atoms with Crippen LogP contribution in [0.1, 0.15) is 67.5 Å². The molecule has 2 aromatic carbocycles. The van der Waals surface area contributed by atoms with E-state index in [4.69, 9.17) is 10.5 Å². The molecule has 2 unspecified atom stereocenters. The minimum absolute atomic E-state index is 0.145. The highest BCUT2D eigenvalue weighted by Gasteiger charge is 2.37. The lowest BCUT2D eigenvalue weighted by Crippen LogP contribution is -2.52. The van der Waals surface area contributed by atoms with Crippen LogP contribution in [-0.2, 0) is 19.1 Å². The van der Waals surface area contributed by atoms with Crippen molar-refractivity contribution in [3.8, 4) is 6.07 Å². The van der Waals surface area contributed by atoms with E-state index in [0.717, 1.165) is 27.2 Å². The number of aryl methyl sites for hydroxylation is 4. The highest BCUT2D eigenvalue weighted by atomic mass is 16.6. The molecule has 0 aromatic heterocycles. The van der Waals surface area contributed by atoms with Crippen LogP contribution in [0.15, 0.2) is 36.4 Å². The minimum atomic E-state index is -1.28. The summed E-state index contributed by atoms with van der Waals surface area (Å²) in [6.07, 6.45) is -1.24. The number of alkyl carbamates (subject to hydrolysis) is 1. The first kappa shape index (κ1) is 31.8. The molecule has 10 heteroatoms. The molecular formula is C30H39N5O5. The quantitative estimate of drug-likeness (QED) is 0.379. The van der Waals surface area contributed by atoms with Crippen LogP contribution in [0, 0.1) is 39.0 Å². The van der Waals surface area contributed by atoms with Crippen LogP contribution in [0.25, 0.3) is 0 Å². The Bertz CT molecular complexity index is 1270. The monoisotopic (exact) mass is 549 g/mol. The Labute approximate surface area is 235 Å². The summed E-state index contributed by atoms with van der Waals surface area (Å²) < 4.78 is 5.31. The number of rotatable bonds is 10. The van der Waals surface area contributed by atoms with Gasteiger partial charge in [-0.2, -0.15) is 5.26 Å². The normalized spacial score (nSPS) is 12.4. The third kappa shape index (κ3) is 9.12. The number of anilines is 1. The Hall–Kier alpha value is -4.39. The number of carbonyl (C=O) groups excluding carboxylic acids is 4. The van der Waals surface area contributed by atoms with E-state index >= 15 is 0 Å². The Kier molecular flexibility index (Phi) is 10.8. The zero-order chi connectivity index (χ0) is 30.2. The molecule has 0 bridgehead atoms. The second-order valence-electron chi connectivity index (χ2n) is 10.9. The summed E-state index contributed by atoms with van der Waals surface area (Å²) in [5, 5.41) is 15.2. The van der Waals surface area contributed by atoms with Crippen molar-refractivity contribution >= 4 is 29.5 Å². The fourth-order valence-corrected chi connectivity index (χ4v) is 4.41. The van der Waals surface area contributed by atoms with Crippen molar-refractivity contribution in [2.75, 3.05) is 11.9 Å². The van der Waals surface area contributed by atoms with E-state index in [1.807, 2.05) is 58.0 Å². The average Bonchev–Trinajstić information content (AvgIpc) is 2.81. The number of nitrogens with two attached hydrogens (primary N) is 1. The van der Waals surface area contributed by atoms with Crippen molar-refractivity contribution in [2.45, 2.75) is 79.0 Å². The number of amides is 4. The van der Waals surface area contributed by atoms with E-state index < -0.39 is 48.0 Å². The molecule has 2 atom stereocenters. The van der Waals surface area contributed by atoms with Gasteiger partial charge in [-0.15, -0.1) is 0 Å². The maximum atomic E-state index is 14.0. The Morgan fingerprint density at radius 2 is 1.60 bits per heavy atom. The molecule has 2 rings (SSSR count). The molecule has 0 saturated heterocycles. The maximum absolute atomic E-state index is 14.0. The van der Waals surface area contributed by atoms with Crippen molar-refractivity contribution in [3.63, 3.8) is 0 Å². The maximum Gasteiger partial charge on any atom is 0.408 e. The number of hydrogen-bond acceptors (Lipinski definition) is 6. The number of carbonyl (C=O) groups is 4. The van der Waals surface area contributed by atoms with Gasteiger partial charge in [-0.05, 0) is 71.6 Å². The summed E-state index contributed by atoms with van der Waals surface area (Å²) >= 11 is 0. The van der Waals surface area contributed by atoms with Crippen LogP contribution < -0.4 is 16.4 Å². The van der Waals surface area contributed by atoms with Crippen molar-refractivity contribution in [1.29, 1.82) is 5.26 Å². The van der Waals surface area contributed by atoms with E-state index in [1.54, 1.807) is 32.9 Å². The molecule has 0 heterocycles. The standard InChI is InChI=1S/C30H39N5O5/c1-18-15-19(2)17-22(16-18)26(27(37)34-25-20(3)9-8-10-21(25)4)35(14-13-31)28(38)23(11-12-24(32)36)33-29(39)40-30(5,6)7/h8-10,15-17,23,26H,11-12,14H2,1-7H3,(H2,32,36)(H,33,39)(H,34,37). The summed E-state index contributed by atoms with van der Waals surface area (Å²) in [5.41, 5.74) is 8.97. The fourth-order valence-electron chi connectivity index (χ4n) is 4.41. The first-order valence-electron chi connectivity index (χ1n) is 13.0. The summed E-state index contributed by atoms with van der Waals surface area (Å²) in [6, 6.07) is 10.5. The SMILES string of the molecule is Cc1cc(C)cc(C(C(=O)Nc2c(C)cccc2C)N(CC#N)C(=O)C(CCC(N)=O)NC(=O)OC(C)(C)C)c1. The molecule has 40 heavy (non-hydrogen) atoms. The molecule has 214 valence electrons. The van der Waals surface area contributed by atoms with Gasteiger partial charge >= 0.3 is 6.09 Å². The molecule has 0 aliphatic heterocycles. The molecule has 0 saturated carbocycles. The van der Waals surface area contributed by atoms with Crippen LogP contribution in [0.5, 0.6) is 0 Å². The second-order valence-corrected chi connectivity index (χ2v) is 10.9. The van der Waals surface area contributed by atoms with Crippen molar-refractivity contribution in [2.24, 2.45) is 5.73 Å². The van der Waals surface area contributed by atoms with Crippen molar-refractivity contribution in [3.05, 3.63) is 64.2 Å². The lowest BCUT2D eigenvalue weighted by Gasteiger charge is -2.33. The van der Waals surface area contributed by atoms with Crippen molar-refractivity contribution < 1.29 is 23.9 Å². The number of benzene rings is 2. The number of para-hydroxylation sites is 1. The third-order valence-corrected chi connectivity index (χ3v) is 6.04. The smallest absolute Gasteiger partial charge is 0.408 e. The number of nitriles is 1. The van der Waals surface area contributed by atoms with E-state index in [9.17, 15) is 24.4 Å². The van der Waals surface area contributed by atoms with Gasteiger partial charge in [0, 0.05) is 12.1 Å². The Morgan fingerprint density at radius 1 is 1.02 bits per heavy atom. The number of nitrogens with zero attached hydrogens (tertiary/aromatic N) is 2. The van der Waals surface area contributed by atoms with E-state index in [1.165, 1.54) is 0 Å². The number of ether oxygens (including phenoxy) is 1. The lowest BCUT2D eigenvalue weighted by molar-refractivity contribution is -0.140. The predicted molar refractivity (Wildman–Crippen MR) is 152 cm³/mol. The van der Waals surface area contributed by atoms with Gasteiger partial charge < -0.3 is 26.0 Å². The highest BCUT2D eigenvalue weighted by Crippen LogP contribution is 2.28. The zero-order valence-electron chi connectivity index (χ0n) is 24.3. The van der Waals surface area contributed by atoms with Gasteiger partial charge in [-0.1, -0.05) is 47.5 Å². The predicted octanol–water partition coefficient (Wildman–Crippen LogP) is 4.11. The van der Waals surface area contributed by atoms with E-state index in [2.05, 4.69) is 10.6 Å². The van der Waals surface area contributed by atoms with E-state index in [0.29, 0.717) is 11.3 Å². The van der Waals surface area contributed by atoms with Gasteiger partial charge in [0.25, 0.3) is 5.91 Å². The molecule has 0 fully saturated rings. The molecule has 4 N–H and O–H groups in total. The number of nitrogens with one attached hydrogen (secondary N) is 2.